The van der Waals surface area contributed by atoms with Crippen LogP contribution in [0.1, 0.15) is 38.2 Å². The molecule has 0 aliphatic carbocycles. The maximum atomic E-state index is 10.4. The van der Waals surface area contributed by atoms with Gasteiger partial charge in [0.2, 0.25) is 0 Å². The number of carbonyl (C=O) groups is 1. The van der Waals surface area contributed by atoms with Crippen LogP contribution in [0.5, 0.6) is 5.75 Å². The molecule has 0 saturated heterocycles. The number of aliphatic carboxylic acids is 1. The standard InChI is InChI=1S/C16H20Cl2O3/c1-3-5-11(2)10-12-7-8-13(16(18)15(12)17)21-9-4-6-14(19)20/h7-8H,2-6,9-10H2,1H3,(H,19,20). The highest BCUT2D eigenvalue weighted by atomic mass is 35.5. The number of halogens is 2. The van der Waals surface area contributed by atoms with Crippen LogP contribution in [0, 0.1) is 0 Å². The minimum absolute atomic E-state index is 0.0697. The molecule has 1 rings (SSSR count). The van der Waals surface area contributed by atoms with Gasteiger partial charge in [-0.3, -0.25) is 4.79 Å². The summed E-state index contributed by atoms with van der Waals surface area (Å²) in [6.45, 7) is 6.42. The van der Waals surface area contributed by atoms with Gasteiger partial charge in [0.25, 0.3) is 0 Å². The van der Waals surface area contributed by atoms with Crippen LogP contribution in [0.4, 0.5) is 0 Å². The Labute approximate surface area is 135 Å². The van der Waals surface area contributed by atoms with E-state index < -0.39 is 5.97 Å². The molecule has 1 N–H and O–H groups in total. The molecule has 1 aromatic carbocycles. The summed E-state index contributed by atoms with van der Waals surface area (Å²) >= 11 is 12.5. The lowest BCUT2D eigenvalue weighted by molar-refractivity contribution is -0.137. The molecule has 0 amide bonds. The van der Waals surface area contributed by atoms with E-state index in [9.17, 15) is 4.79 Å². The first-order valence-electron chi connectivity index (χ1n) is 6.93. The molecule has 5 heteroatoms. The van der Waals surface area contributed by atoms with Crippen molar-refractivity contribution < 1.29 is 14.6 Å². The molecule has 0 spiro atoms. The molecule has 0 aromatic heterocycles. The molecule has 116 valence electrons. The lowest BCUT2D eigenvalue weighted by atomic mass is 10.0. The van der Waals surface area contributed by atoms with E-state index >= 15 is 0 Å². The third-order valence-electron chi connectivity index (χ3n) is 2.96. The first-order valence-corrected chi connectivity index (χ1v) is 7.69. The first kappa shape index (κ1) is 17.9. The fourth-order valence-corrected chi connectivity index (χ4v) is 2.40. The van der Waals surface area contributed by atoms with Gasteiger partial charge in [-0.15, -0.1) is 0 Å². The van der Waals surface area contributed by atoms with Gasteiger partial charge in [-0.2, -0.15) is 0 Å². The highest BCUT2D eigenvalue weighted by Gasteiger charge is 2.12. The fourth-order valence-electron chi connectivity index (χ4n) is 1.94. The van der Waals surface area contributed by atoms with Gasteiger partial charge in [0.15, 0.2) is 0 Å². The quantitative estimate of drug-likeness (QED) is 0.504. The van der Waals surface area contributed by atoms with E-state index in [0.717, 1.165) is 24.0 Å². The Morgan fingerprint density at radius 3 is 2.62 bits per heavy atom. The lowest BCUT2D eigenvalue weighted by Gasteiger charge is -2.12. The number of carboxylic acids is 1. The lowest BCUT2D eigenvalue weighted by Crippen LogP contribution is -2.03. The van der Waals surface area contributed by atoms with Crippen molar-refractivity contribution >= 4 is 29.2 Å². The van der Waals surface area contributed by atoms with Crippen molar-refractivity contribution in [3.8, 4) is 5.75 Å². The normalized spacial score (nSPS) is 10.4. The molecule has 0 aliphatic rings. The van der Waals surface area contributed by atoms with Crippen molar-refractivity contribution in [3.63, 3.8) is 0 Å². The maximum Gasteiger partial charge on any atom is 0.303 e. The van der Waals surface area contributed by atoms with Crippen molar-refractivity contribution in [2.75, 3.05) is 6.61 Å². The Kier molecular flexibility index (Phi) is 7.62. The summed E-state index contributed by atoms with van der Waals surface area (Å²) in [7, 11) is 0. The number of hydrogen-bond acceptors (Lipinski definition) is 2. The summed E-state index contributed by atoms with van der Waals surface area (Å²) in [5, 5.41) is 9.41. The zero-order valence-corrected chi connectivity index (χ0v) is 13.6. The van der Waals surface area contributed by atoms with Crippen LogP contribution in [0.25, 0.3) is 0 Å². The Balaban J connectivity index is 2.66. The van der Waals surface area contributed by atoms with Crippen molar-refractivity contribution in [1.29, 1.82) is 0 Å². The largest absolute Gasteiger partial charge is 0.492 e. The number of hydrogen-bond donors (Lipinski definition) is 1. The van der Waals surface area contributed by atoms with Crippen LogP contribution in [0.2, 0.25) is 10.0 Å². The molecule has 0 bridgehead atoms. The number of allylic oxidation sites excluding steroid dienone is 1. The highest BCUT2D eigenvalue weighted by Crippen LogP contribution is 2.35. The summed E-state index contributed by atoms with van der Waals surface area (Å²) in [5.41, 5.74) is 2.04. The molecule has 0 atom stereocenters. The summed E-state index contributed by atoms with van der Waals surface area (Å²) in [6, 6.07) is 3.64. The van der Waals surface area contributed by atoms with E-state index in [1.165, 1.54) is 0 Å². The van der Waals surface area contributed by atoms with Gasteiger partial charge in [-0.25, -0.2) is 0 Å². The molecule has 0 radical (unpaired) electrons. The van der Waals surface area contributed by atoms with E-state index in [2.05, 4.69) is 13.5 Å². The number of carboxylic acid groups (broad SMARTS) is 1. The highest BCUT2D eigenvalue weighted by molar-refractivity contribution is 6.43. The molecule has 0 unspecified atom stereocenters. The molecule has 0 fully saturated rings. The molecule has 0 saturated carbocycles. The number of benzene rings is 1. The Hall–Kier alpha value is -1.19. The topological polar surface area (TPSA) is 46.5 Å². The second-order valence-corrected chi connectivity index (χ2v) is 5.63. The van der Waals surface area contributed by atoms with E-state index in [-0.39, 0.29) is 6.42 Å². The van der Waals surface area contributed by atoms with Gasteiger partial charge in [0.05, 0.1) is 11.6 Å². The predicted molar refractivity (Wildman–Crippen MR) is 86.6 cm³/mol. The third-order valence-corrected chi connectivity index (χ3v) is 3.87. The molecule has 21 heavy (non-hydrogen) atoms. The maximum absolute atomic E-state index is 10.4. The van der Waals surface area contributed by atoms with Gasteiger partial charge in [-0.05, 0) is 30.9 Å². The van der Waals surface area contributed by atoms with E-state index in [1.807, 2.05) is 6.07 Å². The summed E-state index contributed by atoms with van der Waals surface area (Å²) < 4.78 is 5.47. The zero-order valence-electron chi connectivity index (χ0n) is 12.1. The average molecular weight is 331 g/mol. The van der Waals surface area contributed by atoms with Gasteiger partial charge < -0.3 is 9.84 Å². The van der Waals surface area contributed by atoms with Crippen LogP contribution in [0.3, 0.4) is 0 Å². The van der Waals surface area contributed by atoms with Crippen molar-refractivity contribution in [3.05, 3.63) is 39.9 Å². The average Bonchev–Trinajstić information content (AvgIpc) is 2.42. The van der Waals surface area contributed by atoms with E-state index in [4.69, 9.17) is 33.0 Å². The van der Waals surface area contributed by atoms with Crippen molar-refractivity contribution in [2.45, 2.75) is 39.0 Å². The predicted octanol–water partition coefficient (Wildman–Crippen LogP) is 5.14. The van der Waals surface area contributed by atoms with Crippen molar-refractivity contribution in [2.24, 2.45) is 0 Å². The number of rotatable bonds is 9. The van der Waals surface area contributed by atoms with Crippen LogP contribution >= 0.6 is 23.2 Å². The molecule has 0 heterocycles. The van der Waals surface area contributed by atoms with Crippen LogP contribution < -0.4 is 4.74 Å². The Bertz CT molecular complexity index is 512. The fraction of sp³-hybridized carbons (Fsp3) is 0.438. The third kappa shape index (κ3) is 5.98. The minimum atomic E-state index is -0.840. The van der Waals surface area contributed by atoms with Crippen LogP contribution in [-0.4, -0.2) is 17.7 Å². The second kappa shape index (κ2) is 8.96. The molecule has 1 aromatic rings. The van der Waals surface area contributed by atoms with Crippen LogP contribution in [-0.2, 0) is 11.2 Å². The second-order valence-electron chi connectivity index (χ2n) is 4.87. The monoisotopic (exact) mass is 330 g/mol. The molecule has 3 nitrogen and oxygen atoms in total. The van der Waals surface area contributed by atoms with Gasteiger partial charge in [0, 0.05) is 6.42 Å². The van der Waals surface area contributed by atoms with E-state index in [1.54, 1.807) is 6.07 Å². The molecular formula is C16H20Cl2O3. The van der Waals surface area contributed by atoms with Gasteiger partial charge >= 0.3 is 5.97 Å². The number of ether oxygens (including phenoxy) is 1. The summed E-state index contributed by atoms with van der Waals surface area (Å²) in [4.78, 5) is 10.4. The molecule has 0 aliphatic heterocycles. The van der Waals surface area contributed by atoms with Gasteiger partial charge in [0.1, 0.15) is 10.8 Å². The SMILES string of the molecule is C=C(CCC)Cc1ccc(OCCCC(=O)O)c(Cl)c1Cl. The summed E-state index contributed by atoms with van der Waals surface area (Å²) in [5.74, 6) is -0.357. The summed E-state index contributed by atoms with van der Waals surface area (Å²) in [6.07, 6.45) is 3.21. The minimum Gasteiger partial charge on any atom is -0.492 e. The Morgan fingerprint density at radius 1 is 1.29 bits per heavy atom. The Morgan fingerprint density at radius 2 is 2.00 bits per heavy atom. The van der Waals surface area contributed by atoms with Crippen molar-refractivity contribution in [1.82, 2.24) is 0 Å². The van der Waals surface area contributed by atoms with Crippen LogP contribution in [0.15, 0.2) is 24.3 Å². The van der Waals surface area contributed by atoms with E-state index in [0.29, 0.717) is 35.2 Å². The zero-order chi connectivity index (χ0) is 15.8. The van der Waals surface area contributed by atoms with Gasteiger partial charge in [-0.1, -0.05) is 54.8 Å². The smallest absolute Gasteiger partial charge is 0.303 e. The first-order chi connectivity index (χ1) is 9.95. The molecular weight excluding hydrogens is 311 g/mol.